The van der Waals surface area contributed by atoms with Crippen molar-refractivity contribution in [1.29, 1.82) is 0 Å². The van der Waals surface area contributed by atoms with Crippen LogP contribution in [-0.4, -0.2) is 49.0 Å². The predicted molar refractivity (Wildman–Crippen MR) is 88.7 cm³/mol. The van der Waals surface area contributed by atoms with Crippen LogP contribution in [0.3, 0.4) is 0 Å². The molecule has 0 radical (unpaired) electrons. The first kappa shape index (κ1) is 17.1. The van der Waals surface area contributed by atoms with Gasteiger partial charge in [-0.05, 0) is 44.9 Å². The summed E-state index contributed by atoms with van der Waals surface area (Å²) in [5.74, 6) is 1.99. The zero-order chi connectivity index (χ0) is 15.9. The second kappa shape index (κ2) is 8.39. The Balaban J connectivity index is 2.12. The highest BCUT2D eigenvalue weighted by molar-refractivity contribution is 5.41. The maximum Gasteiger partial charge on any atom is 0.126 e. The van der Waals surface area contributed by atoms with Crippen LogP contribution in [0.5, 0.6) is 11.5 Å². The molecule has 0 bridgehead atoms. The average Bonchev–Trinajstić information content (AvgIpc) is 2.52. The second-order valence-electron chi connectivity index (χ2n) is 5.85. The van der Waals surface area contributed by atoms with E-state index in [9.17, 15) is 5.11 Å². The van der Waals surface area contributed by atoms with E-state index < -0.39 is 0 Å². The fourth-order valence-electron chi connectivity index (χ4n) is 3.12. The molecule has 124 valence electrons. The van der Waals surface area contributed by atoms with Gasteiger partial charge in [0.2, 0.25) is 0 Å². The van der Waals surface area contributed by atoms with Crippen LogP contribution in [0.2, 0.25) is 0 Å². The molecule has 2 rings (SSSR count). The van der Waals surface area contributed by atoms with E-state index in [1.807, 2.05) is 26.0 Å². The van der Waals surface area contributed by atoms with Gasteiger partial charge in [-0.15, -0.1) is 0 Å². The number of benzene rings is 1. The first-order chi connectivity index (χ1) is 10.7. The third-order valence-electron chi connectivity index (χ3n) is 4.36. The van der Waals surface area contributed by atoms with Crippen LogP contribution in [0.4, 0.5) is 0 Å². The number of piperidine rings is 1. The zero-order valence-electron chi connectivity index (χ0n) is 14.0. The standard InChI is InChI=1S/C18H29NO3/c1-4-19-10-9-17(20)15(13-19)11-14-7-8-16(21-5-2)12-18(14)22-6-3/h7-8,12,15,17,20H,4-6,9-11,13H2,1-3H3. The van der Waals surface area contributed by atoms with E-state index in [0.717, 1.165) is 49.5 Å². The third kappa shape index (κ3) is 4.37. The summed E-state index contributed by atoms with van der Waals surface area (Å²) in [6, 6.07) is 6.04. The largest absolute Gasteiger partial charge is 0.494 e. The van der Waals surface area contributed by atoms with Crippen molar-refractivity contribution in [3.8, 4) is 11.5 Å². The molecular weight excluding hydrogens is 278 g/mol. The summed E-state index contributed by atoms with van der Waals surface area (Å²) in [5, 5.41) is 10.3. The minimum atomic E-state index is -0.219. The molecule has 22 heavy (non-hydrogen) atoms. The molecule has 1 saturated heterocycles. The Morgan fingerprint density at radius 3 is 2.64 bits per heavy atom. The van der Waals surface area contributed by atoms with Gasteiger partial charge in [0, 0.05) is 25.1 Å². The summed E-state index contributed by atoms with van der Waals surface area (Å²) in [6.07, 6.45) is 1.49. The molecule has 2 atom stereocenters. The van der Waals surface area contributed by atoms with E-state index in [1.165, 1.54) is 0 Å². The maximum atomic E-state index is 10.3. The van der Waals surface area contributed by atoms with Crippen molar-refractivity contribution < 1.29 is 14.6 Å². The Morgan fingerprint density at radius 1 is 1.18 bits per heavy atom. The number of aliphatic hydroxyl groups is 1. The molecule has 4 nitrogen and oxygen atoms in total. The van der Waals surface area contributed by atoms with Crippen LogP contribution in [0.15, 0.2) is 18.2 Å². The third-order valence-corrected chi connectivity index (χ3v) is 4.36. The van der Waals surface area contributed by atoms with Gasteiger partial charge in [-0.25, -0.2) is 0 Å². The Bertz CT molecular complexity index is 464. The van der Waals surface area contributed by atoms with Crippen molar-refractivity contribution in [3.63, 3.8) is 0 Å². The number of hydrogen-bond donors (Lipinski definition) is 1. The molecule has 1 aromatic carbocycles. The number of rotatable bonds is 7. The molecule has 4 heteroatoms. The van der Waals surface area contributed by atoms with Crippen LogP contribution in [0, 0.1) is 5.92 Å². The van der Waals surface area contributed by atoms with Gasteiger partial charge in [-0.1, -0.05) is 13.0 Å². The Kier molecular flexibility index (Phi) is 6.52. The van der Waals surface area contributed by atoms with Crippen molar-refractivity contribution in [2.24, 2.45) is 5.92 Å². The highest BCUT2D eigenvalue weighted by Crippen LogP contribution is 2.30. The molecule has 1 aliphatic heterocycles. The van der Waals surface area contributed by atoms with E-state index in [4.69, 9.17) is 9.47 Å². The lowest BCUT2D eigenvalue weighted by Crippen LogP contribution is -2.43. The van der Waals surface area contributed by atoms with E-state index >= 15 is 0 Å². The molecule has 0 saturated carbocycles. The van der Waals surface area contributed by atoms with Gasteiger partial charge in [-0.2, -0.15) is 0 Å². The SMILES string of the molecule is CCOc1ccc(CC2CN(CC)CCC2O)c(OCC)c1. The molecule has 1 aromatic rings. The average molecular weight is 307 g/mol. The smallest absolute Gasteiger partial charge is 0.126 e. The lowest BCUT2D eigenvalue weighted by Gasteiger charge is -2.35. The summed E-state index contributed by atoms with van der Waals surface area (Å²) in [4.78, 5) is 2.41. The van der Waals surface area contributed by atoms with E-state index in [1.54, 1.807) is 0 Å². The summed E-state index contributed by atoms with van der Waals surface area (Å²) < 4.78 is 11.3. The molecule has 1 N–H and O–H groups in total. The lowest BCUT2D eigenvalue weighted by molar-refractivity contribution is 0.0287. The van der Waals surface area contributed by atoms with Crippen molar-refractivity contribution in [2.45, 2.75) is 39.7 Å². The van der Waals surface area contributed by atoms with Gasteiger partial charge >= 0.3 is 0 Å². The molecule has 1 fully saturated rings. The van der Waals surface area contributed by atoms with Gasteiger partial charge in [0.25, 0.3) is 0 Å². The lowest BCUT2D eigenvalue weighted by atomic mass is 9.88. The predicted octanol–water partition coefficient (Wildman–Crippen LogP) is 2.73. The minimum absolute atomic E-state index is 0.219. The molecule has 0 aromatic heterocycles. The highest BCUT2D eigenvalue weighted by atomic mass is 16.5. The van der Waals surface area contributed by atoms with Crippen molar-refractivity contribution in [2.75, 3.05) is 32.8 Å². The molecule has 0 amide bonds. The molecule has 0 aliphatic carbocycles. The van der Waals surface area contributed by atoms with Crippen molar-refractivity contribution in [1.82, 2.24) is 4.90 Å². The zero-order valence-corrected chi connectivity index (χ0v) is 14.0. The summed E-state index contributed by atoms with van der Waals surface area (Å²) in [6.45, 7) is 10.4. The quantitative estimate of drug-likeness (QED) is 0.841. The van der Waals surface area contributed by atoms with Gasteiger partial charge < -0.3 is 19.5 Å². The maximum absolute atomic E-state index is 10.3. The first-order valence-electron chi connectivity index (χ1n) is 8.46. The van der Waals surface area contributed by atoms with Gasteiger partial charge in [-0.3, -0.25) is 0 Å². The van der Waals surface area contributed by atoms with E-state index in [2.05, 4.69) is 17.9 Å². The summed E-state index contributed by atoms with van der Waals surface area (Å²) >= 11 is 0. The number of hydrogen-bond acceptors (Lipinski definition) is 4. The Labute approximate surface area is 134 Å². The summed E-state index contributed by atoms with van der Waals surface area (Å²) in [5.41, 5.74) is 1.16. The minimum Gasteiger partial charge on any atom is -0.494 e. The molecule has 1 aliphatic rings. The molecule has 0 spiro atoms. The van der Waals surface area contributed by atoms with Crippen LogP contribution < -0.4 is 9.47 Å². The molecule has 2 unspecified atom stereocenters. The van der Waals surface area contributed by atoms with Crippen LogP contribution in [0.1, 0.15) is 32.8 Å². The second-order valence-corrected chi connectivity index (χ2v) is 5.85. The number of aliphatic hydroxyl groups excluding tert-OH is 1. The van der Waals surface area contributed by atoms with Gasteiger partial charge in [0.1, 0.15) is 11.5 Å². The van der Waals surface area contributed by atoms with Crippen LogP contribution in [0.25, 0.3) is 0 Å². The fourth-order valence-corrected chi connectivity index (χ4v) is 3.12. The van der Waals surface area contributed by atoms with Gasteiger partial charge in [0.15, 0.2) is 0 Å². The van der Waals surface area contributed by atoms with E-state index in [-0.39, 0.29) is 12.0 Å². The number of ether oxygens (including phenoxy) is 2. The number of nitrogens with zero attached hydrogens (tertiary/aromatic N) is 1. The summed E-state index contributed by atoms with van der Waals surface area (Å²) in [7, 11) is 0. The first-order valence-corrected chi connectivity index (χ1v) is 8.46. The van der Waals surface area contributed by atoms with E-state index in [0.29, 0.717) is 13.2 Å². The Morgan fingerprint density at radius 2 is 1.95 bits per heavy atom. The molecule has 1 heterocycles. The Hall–Kier alpha value is -1.26. The fraction of sp³-hybridized carbons (Fsp3) is 0.667. The van der Waals surface area contributed by atoms with Gasteiger partial charge in [0.05, 0.1) is 19.3 Å². The molecular formula is C18H29NO3. The monoisotopic (exact) mass is 307 g/mol. The van der Waals surface area contributed by atoms with Crippen molar-refractivity contribution in [3.05, 3.63) is 23.8 Å². The van der Waals surface area contributed by atoms with Crippen LogP contribution >= 0.6 is 0 Å². The van der Waals surface area contributed by atoms with Crippen LogP contribution in [-0.2, 0) is 6.42 Å². The number of likely N-dealkylation sites (tertiary alicyclic amines) is 1. The normalized spacial score (nSPS) is 22.5. The van der Waals surface area contributed by atoms with Crippen molar-refractivity contribution >= 4 is 0 Å². The highest BCUT2D eigenvalue weighted by Gasteiger charge is 2.28. The topological polar surface area (TPSA) is 41.9 Å².